The van der Waals surface area contributed by atoms with Crippen LogP contribution in [0.3, 0.4) is 0 Å². The number of carbonyl (C=O) groups is 1. The highest BCUT2D eigenvalue weighted by Gasteiger charge is 2.16. The number of para-hydroxylation sites is 1. The lowest BCUT2D eigenvalue weighted by Gasteiger charge is -2.09. The third-order valence-electron chi connectivity index (χ3n) is 4.50. The van der Waals surface area contributed by atoms with Crippen molar-refractivity contribution in [1.29, 1.82) is 0 Å². The molecular formula is C22H16FNOS. The summed E-state index contributed by atoms with van der Waals surface area (Å²) in [7, 11) is 0. The Bertz CT molecular complexity index is 1080. The zero-order valence-corrected chi connectivity index (χ0v) is 15.0. The maximum absolute atomic E-state index is 13.9. The highest BCUT2D eigenvalue weighted by Crippen LogP contribution is 2.33. The second-order valence-electron chi connectivity index (χ2n) is 6.16. The third-order valence-corrected chi connectivity index (χ3v) is 5.57. The molecule has 0 aliphatic heterocycles. The fourth-order valence-electron chi connectivity index (χ4n) is 3.05. The van der Waals surface area contributed by atoms with Crippen molar-refractivity contribution >= 4 is 27.3 Å². The van der Waals surface area contributed by atoms with E-state index in [1.165, 1.54) is 12.1 Å². The number of Topliss-reactive ketones (excluding diaryl/α,β-unsaturated/α-hetero) is 1. The predicted molar refractivity (Wildman–Crippen MR) is 104 cm³/mol. The molecular weight excluding hydrogens is 345 g/mol. The molecule has 0 spiro atoms. The first-order chi connectivity index (χ1) is 12.6. The van der Waals surface area contributed by atoms with Crippen LogP contribution in [0.25, 0.3) is 20.8 Å². The topological polar surface area (TPSA) is 30.0 Å². The van der Waals surface area contributed by atoms with Gasteiger partial charge in [0.15, 0.2) is 5.78 Å². The number of fused-ring (bicyclic) bond motifs is 1. The van der Waals surface area contributed by atoms with E-state index in [0.717, 1.165) is 31.9 Å². The molecule has 0 unspecified atom stereocenters. The fourth-order valence-corrected chi connectivity index (χ4v) is 4.10. The maximum atomic E-state index is 13.9. The van der Waals surface area contributed by atoms with Gasteiger partial charge in [-0.3, -0.25) is 4.79 Å². The van der Waals surface area contributed by atoms with Crippen LogP contribution >= 0.6 is 11.3 Å². The second-order valence-corrected chi connectivity index (χ2v) is 7.19. The number of hydrogen-bond donors (Lipinski definition) is 0. The normalized spacial score (nSPS) is 11.0. The molecule has 1 aromatic heterocycles. The van der Waals surface area contributed by atoms with Crippen molar-refractivity contribution in [3.63, 3.8) is 0 Å². The Morgan fingerprint density at radius 3 is 2.58 bits per heavy atom. The Morgan fingerprint density at radius 1 is 1.00 bits per heavy atom. The van der Waals surface area contributed by atoms with Gasteiger partial charge in [-0.1, -0.05) is 42.5 Å². The van der Waals surface area contributed by atoms with E-state index in [1.54, 1.807) is 23.5 Å². The van der Waals surface area contributed by atoms with Crippen molar-refractivity contribution < 1.29 is 9.18 Å². The average molecular weight is 361 g/mol. The largest absolute Gasteiger partial charge is 0.294 e. The van der Waals surface area contributed by atoms with Crippen molar-refractivity contribution in [1.82, 2.24) is 4.98 Å². The summed E-state index contributed by atoms with van der Waals surface area (Å²) in [6, 6.07) is 20.0. The van der Waals surface area contributed by atoms with Crippen molar-refractivity contribution in [3.8, 4) is 10.6 Å². The van der Waals surface area contributed by atoms with E-state index in [2.05, 4.69) is 6.07 Å². The standard InChI is InChI=1S/C22H16FNOS/c1-14-15(13-20(25)17-8-2-3-10-18(17)23)7-6-9-16(14)22-24-19-11-4-5-12-21(19)26-22/h2-12H,13H2,1H3. The number of aromatic nitrogens is 1. The van der Waals surface area contributed by atoms with Gasteiger partial charge in [0.25, 0.3) is 0 Å². The molecule has 0 radical (unpaired) electrons. The van der Waals surface area contributed by atoms with Gasteiger partial charge < -0.3 is 0 Å². The van der Waals surface area contributed by atoms with E-state index in [4.69, 9.17) is 4.98 Å². The Labute approximate surface area is 155 Å². The SMILES string of the molecule is Cc1c(CC(=O)c2ccccc2F)cccc1-c1nc2ccccc2s1. The molecule has 128 valence electrons. The minimum Gasteiger partial charge on any atom is -0.294 e. The van der Waals surface area contributed by atoms with Crippen molar-refractivity contribution in [3.05, 3.63) is 89.2 Å². The van der Waals surface area contributed by atoms with Crippen molar-refractivity contribution in [2.45, 2.75) is 13.3 Å². The fraction of sp³-hybridized carbons (Fsp3) is 0.0909. The second kappa shape index (κ2) is 6.81. The van der Waals surface area contributed by atoms with E-state index in [0.29, 0.717) is 0 Å². The van der Waals surface area contributed by atoms with Gasteiger partial charge in [0.05, 0.1) is 15.8 Å². The zero-order valence-electron chi connectivity index (χ0n) is 14.2. The quantitative estimate of drug-likeness (QED) is 0.428. The van der Waals surface area contributed by atoms with Gasteiger partial charge in [-0.2, -0.15) is 0 Å². The molecule has 4 aromatic rings. The van der Waals surface area contributed by atoms with Crippen LogP contribution in [0.4, 0.5) is 4.39 Å². The van der Waals surface area contributed by atoms with Crippen molar-refractivity contribution in [2.24, 2.45) is 0 Å². The number of rotatable bonds is 4. The predicted octanol–water partition coefficient (Wildman–Crippen LogP) is 5.84. The molecule has 0 saturated carbocycles. The number of nitrogens with zero attached hydrogens (tertiary/aromatic N) is 1. The number of carbonyl (C=O) groups excluding carboxylic acids is 1. The van der Waals surface area contributed by atoms with Crippen LogP contribution in [0.15, 0.2) is 66.7 Å². The zero-order chi connectivity index (χ0) is 18.1. The number of benzene rings is 3. The van der Waals surface area contributed by atoms with Crippen molar-refractivity contribution in [2.75, 3.05) is 0 Å². The lowest BCUT2D eigenvalue weighted by molar-refractivity contribution is 0.0989. The van der Waals surface area contributed by atoms with Gasteiger partial charge in [0, 0.05) is 12.0 Å². The highest BCUT2D eigenvalue weighted by atomic mass is 32.1. The van der Waals surface area contributed by atoms with Crippen LogP contribution in [0.5, 0.6) is 0 Å². The van der Waals surface area contributed by atoms with Gasteiger partial charge in [0.1, 0.15) is 10.8 Å². The van der Waals surface area contributed by atoms with E-state index < -0.39 is 5.82 Å². The molecule has 1 heterocycles. The first-order valence-corrected chi connectivity index (χ1v) is 9.17. The summed E-state index contributed by atoms with van der Waals surface area (Å²) in [5, 5.41) is 0.934. The molecule has 4 rings (SSSR count). The minimum atomic E-state index is -0.475. The van der Waals surface area contributed by atoms with Gasteiger partial charge in [-0.05, 0) is 42.3 Å². The van der Waals surface area contributed by atoms with E-state index in [9.17, 15) is 9.18 Å². The Morgan fingerprint density at radius 2 is 1.77 bits per heavy atom. The van der Waals surface area contributed by atoms with Gasteiger partial charge in [-0.15, -0.1) is 11.3 Å². The summed E-state index contributed by atoms with van der Waals surface area (Å²) < 4.78 is 15.0. The number of thiazole rings is 1. The van der Waals surface area contributed by atoms with Crippen LogP contribution in [-0.4, -0.2) is 10.8 Å². The van der Waals surface area contributed by atoms with Crippen LogP contribution in [-0.2, 0) is 6.42 Å². The van der Waals surface area contributed by atoms with Gasteiger partial charge in [-0.25, -0.2) is 9.37 Å². The van der Waals surface area contributed by atoms with Gasteiger partial charge in [0.2, 0.25) is 0 Å². The first kappa shape index (κ1) is 16.6. The van der Waals surface area contributed by atoms with Crippen LogP contribution in [0.2, 0.25) is 0 Å². The first-order valence-electron chi connectivity index (χ1n) is 8.35. The molecule has 2 nitrogen and oxygen atoms in total. The molecule has 0 aliphatic rings. The molecule has 0 bridgehead atoms. The highest BCUT2D eigenvalue weighted by molar-refractivity contribution is 7.21. The molecule has 0 atom stereocenters. The number of hydrogen-bond acceptors (Lipinski definition) is 3. The van der Waals surface area contributed by atoms with Gasteiger partial charge >= 0.3 is 0 Å². The summed E-state index contributed by atoms with van der Waals surface area (Å²) >= 11 is 1.63. The Hall–Kier alpha value is -2.85. The molecule has 0 saturated heterocycles. The molecule has 0 fully saturated rings. The monoisotopic (exact) mass is 361 g/mol. The summed E-state index contributed by atoms with van der Waals surface area (Å²) in [4.78, 5) is 17.2. The van der Waals surface area contributed by atoms with Crippen LogP contribution in [0, 0.1) is 12.7 Å². The van der Waals surface area contributed by atoms with E-state index >= 15 is 0 Å². The smallest absolute Gasteiger partial charge is 0.170 e. The van der Waals surface area contributed by atoms with Crippen LogP contribution < -0.4 is 0 Å². The van der Waals surface area contributed by atoms with E-state index in [1.807, 2.05) is 43.3 Å². The summed E-state index contributed by atoms with van der Waals surface area (Å²) in [6.07, 6.45) is 0.172. The molecule has 3 aromatic carbocycles. The lowest BCUT2D eigenvalue weighted by Crippen LogP contribution is -2.07. The van der Waals surface area contributed by atoms with E-state index in [-0.39, 0.29) is 17.8 Å². The Kier molecular flexibility index (Phi) is 4.35. The third kappa shape index (κ3) is 3.04. The lowest BCUT2D eigenvalue weighted by atomic mass is 9.96. The summed E-state index contributed by atoms with van der Waals surface area (Å²) in [5.74, 6) is -0.690. The van der Waals surface area contributed by atoms with Crippen LogP contribution in [0.1, 0.15) is 21.5 Å². The Balaban J connectivity index is 1.70. The average Bonchev–Trinajstić information content (AvgIpc) is 3.07. The summed E-state index contributed by atoms with van der Waals surface area (Å²) in [5.41, 5.74) is 4.04. The molecule has 0 N–H and O–H groups in total. The molecule has 26 heavy (non-hydrogen) atoms. The minimum absolute atomic E-state index is 0.136. The molecule has 0 amide bonds. The number of ketones is 1. The molecule has 4 heteroatoms. The maximum Gasteiger partial charge on any atom is 0.170 e. The number of halogens is 1. The summed E-state index contributed by atoms with van der Waals surface area (Å²) in [6.45, 7) is 1.99. The molecule has 0 aliphatic carbocycles.